The topological polar surface area (TPSA) is 50.9 Å². The Labute approximate surface area is 380 Å². The van der Waals surface area contributed by atoms with E-state index < -0.39 is 6.85 Å². The van der Waals surface area contributed by atoms with E-state index in [9.17, 15) is 5.11 Å². The van der Waals surface area contributed by atoms with Crippen molar-refractivity contribution < 1.29 is 9.22 Å². The smallest absolute Gasteiger partial charge is 0.149 e. The molecule has 0 saturated carbocycles. The van der Waals surface area contributed by atoms with Crippen molar-refractivity contribution in [1.82, 2.24) is 14.5 Å². The Morgan fingerprint density at radius 2 is 1.12 bits per heavy atom. The van der Waals surface area contributed by atoms with Crippen molar-refractivity contribution in [3.63, 3.8) is 0 Å². The lowest BCUT2D eigenvalue weighted by Gasteiger charge is -2.21. The maximum atomic E-state index is 11.6. The largest absolute Gasteiger partial charge is 0.507 e. The Balaban J connectivity index is 1.24. The Kier molecular flexibility index (Phi) is 9.47. The molecule has 0 aliphatic rings. The van der Waals surface area contributed by atoms with Crippen molar-refractivity contribution in [1.29, 1.82) is 0 Å². The van der Waals surface area contributed by atoms with Gasteiger partial charge in [-0.3, -0.25) is 9.55 Å². The maximum absolute atomic E-state index is 11.6. The molecule has 10 aromatic rings. The number of phenolic OH excluding ortho intramolecular Hbond substituents is 1. The highest BCUT2D eigenvalue weighted by atomic mass is 16.3. The zero-order valence-electron chi connectivity index (χ0n) is 39.3. The molecule has 0 bridgehead atoms. The minimum absolute atomic E-state index is 0.0568. The molecule has 0 saturated heterocycles. The molecule has 2 heterocycles. The average molecular weight is 831 g/mol. The van der Waals surface area contributed by atoms with Crippen LogP contribution in [0.25, 0.3) is 95.0 Å². The third kappa shape index (κ3) is 7.69. The van der Waals surface area contributed by atoms with Crippen LogP contribution in [-0.4, -0.2) is 19.6 Å². The molecule has 4 heteroatoms. The van der Waals surface area contributed by atoms with E-state index in [0.29, 0.717) is 28.2 Å². The normalized spacial score (nSPS) is 12.5. The van der Waals surface area contributed by atoms with E-state index in [1.165, 1.54) is 5.56 Å². The average Bonchev–Trinajstić information content (AvgIpc) is 3.73. The fourth-order valence-electron chi connectivity index (χ4n) is 8.67. The number of hydrogen-bond donors (Lipinski definition) is 1. The van der Waals surface area contributed by atoms with Gasteiger partial charge in [0.15, 0.2) is 0 Å². The monoisotopic (exact) mass is 830 g/mol. The van der Waals surface area contributed by atoms with Crippen molar-refractivity contribution >= 4 is 11.0 Å². The van der Waals surface area contributed by atoms with Gasteiger partial charge >= 0.3 is 0 Å². The summed E-state index contributed by atoms with van der Waals surface area (Å²) in [5.41, 5.74) is 16.1. The number of nitrogens with zero attached hydrogens (tertiary/aromatic N) is 3. The van der Waals surface area contributed by atoms with Crippen LogP contribution in [0.2, 0.25) is 0 Å². The third-order valence-corrected chi connectivity index (χ3v) is 12.1. The molecule has 64 heavy (non-hydrogen) atoms. The first-order valence-electron chi connectivity index (χ1n) is 23.2. The van der Waals surface area contributed by atoms with E-state index in [-0.39, 0.29) is 16.7 Å². The van der Waals surface area contributed by atoms with Gasteiger partial charge in [0.2, 0.25) is 0 Å². The van der Waals surface area contributed by atoms with Crippen LogP contribution in [0.1, 0.15) is 41.6 Å². The molecule has 0 spiro atoms. The van der Waals surface area contributed by atoms with Crippen molar-refractivity contribution in [2.75, 3.05) is 0 Å². The number of rotatable bonds is 8. The van der Waals surface area contributed by atoms with Crippen LogP contribution >= 0.6 is 0 Å². The van der Waals surface area contributed by atoms with Crippen LogP contribution in [0.15, 0.2) is 200 Å². The fraction of sp³-hybridized carbons (Fsp3) is 0.100. The van der Waals surface area contributed by atoms with Crippen LogP contribution < -0.4 is 0 Å². The van der Waals surface area contributed by atoms with Gasteiger partial charge < -0.3 is 5.11 Å². The third-order valence-electron chi connectivity index (χ3n) is 12.1. The zero-order valence-corrected chi connectivity index (χ0v) is 36.3. The number of imidazole rings is 1. The van der Waals surface area contributed by atoms with Gasteiger partial charge in [-0.15, -0.1) is 0 Å². The van der Waals surface area contributed by atoms with Gasteiger partial charge in [0.1, 0.15) is 11.6 Å². The molecule has 4 nitrogen and oxygen atoms in total. The highest BCUT2D eigenvalue weighted by Gasteiger charge is 2.24. The molecular weight excluding hydrogens is 779 g/mol. The standard InChI is InChI=1S/C60H49N3O/c1-39-23-25-42(26-24-39)45-31-32-61-54(37-45)48-35-46(41-15-8-6-9-16-41)34-47(36-48)50-20-14-21-55-58(50)62-59(51-19-12-13-22-57(51)64)63(55)56-33-40(2)52(38-53(56)43-17-10-7-11-18-43)44-27-29-49(30-28-44)60(3,4)5/h6-38,64H,1-5H3/i2D3. The van der Waals surface area contributed by atoms with Gasteiger partial charge in [0.05, 0.1) is 28.0 Å². The summed E-state index contributed by atoms with van der Waals surface area (Å²) in [5.74, 6) is 0.532. The fourth-order valence-corrected chi connectivity index (χ4v) is 8.67. The number of para-hydroxylation sites is 2. The van der Waals surface area contributed by atoms with Crippen molar-refractivity contribution in [2.24, 2.45) is 0 Å². The van der Waals surface area contributed by atoms with Crippen LogP contribution in [0.4, 0.5) is 0 Å². The lowest BCUT2D eigenvalue weighted by Crippen LogP contribution is -2.10. The predicted molar refractivity (Wildman–Crippen MR) is 267 cm³/mol. The maximum Gasteiger partial charge on any atom is 0.149 e. The number of aryl methyl sites for hydroxylation is 2. The van der Waals surface area contributed by atoms with Crippen molar-refractivity contribution in [2.45, 2.75) is 40.0 Å². The number of hydrogen-bond acceptors (Lipinski definition) is 3. The van der Waals surface area contributed by atoms with E-state index in [2.05, 4.69) is 107 Å². The van der Waals surface area contributed by atoms with Crippen LogP contribution in [0.3, 0.4) is 0 Å². The van der Waals surface area contributed by atoms with Gasteiger partial charge in [-0.2, -0.15) is 0 Å². The SMILES string of the molecule is [2H]C([2H])([2H])c1cc(-n2c(-c3ccccc3O)nc3c(-c4cc(-c5ccccc5)cc(-c5cc(-c6ccc(C)cc6)ccn5)c4)cccc32)c(-c2ccccc2)cc1-c1ccc(C(C)(C)C)cc1. The van der Waals surface area contributed by atoms with E-state index in [4.69, 9.17) is 14.1 Å². The molecule has 0 aliphatic carbocycles. The Morgan fingerprint density at radius 3 is 1.84 bits per heavy atom. The number of pyridine rings is 1. The van der Waals surface area contributed by atoms with Crippen molar-refractivity contribution in [3.05, 3.63) is 217 Å². The number of aromatic hydroxyl groups is 1. The van der Waals surface area contributed by atoms with Gasteiger partial charge in [-0.1, -0.05) is 160 Å². The van der Waals surface area contributed by atoms with Crippen LogP contribution in [0, 0.1) is 13.8 Å². The molecule has 10 rings (SSSR count). The number of benzene rings is 8. The second-order valence-corrected chi connectivity index (χ2v) is 17.5. The summed E-state index contributed by atoms with van der Waals surface area (Å²) < 4.78 is 29.0. The van der Waals surface area contributed by atoms with Gasteiger partial charge in [0.25, 0.3) is 0 Å². The Hall–Kier alpha value is -7.82. The molecule has 0 fully saturated rings. The van der Waals surface area contributed by atoms with E-state index in [1.54, 1.807) is 18.2 Å². The quantitative estimate of drug-likeness (QED) is 0.166. The number of aromatic nitrogens is 3. The summed E-state index contributed by atoms with van der Waals surface area (Å²) in [6.45, 7) is 6.12. The summed E-state index contributed by atoms with van der Waals surface area (Å²) in [4.78, 5) is 10.4. The highest BCUT2D eigenvalue weighted by Crippen LogP contribution is 2.43. The first-order chi connectivity index (χ1) is 32.3. The lowest BCUT2D eigenvalue weighted by molar-refractivity contribution is 0.477. The molecule has 0 amide bonds. The second-order valence-electron chi connectivity index (χ2n) is 17.5. The minimum Gasteiger partial charge on any atom is -0.507 e. The number of fused-ring (bicyclic) bond motifs is 1. The first kappa shape index (κ1) is 36.8. The molecule has 8 aromatic carbocycles. The van der Waals surface area contributed by atoms with E-state index in [0.717, 1.165) is 72.4 Å². The molecule has 0 unspecified atom stereocenters. The molecule has 2 aromatic heterocycles. The predicted octanol–water partition coefficient (Wildman–Crippen LogP) is 15.7. The summed E-state index contributed by atoms with van der Waals surface area (Å²) in [5, 5.41) is 11.6. The van der Waals surface area contributed by atoms with E-state index >= 15 is 0 Å². The second kappa shape index (κ2) is 16.5. The van der Waals surface area contributed by atoms with Crippen molar-refractivity contribution in [3.8, 4) is 89.7 Å². The van der Waals surface area contributed by atoms with Gasteiger partial charge in [-0.25, -0.2) is 4.98 Å². The zero-order chi connectivity index (χ0) is 46.5. The Bertz CT molecular complexity index is 3420. The van der Waals surface area contributed by atoms with Gasteiger partial charge in [-0.05, 0) is 135 Å². The summed E-state index contributed by atoms with van der Waals surface area (Å²) in [7, 11) is 0. The van der Waals surface area contributed by atoms with Crippen LogP contribution in [-0.2, 0) is 5.41 Å². The number of phenols is 1. The summed E-state index contributed by atoms with van der Waals surface area (Å²) in [6.07, 6.45) is 1.87. The molecule has 0 radical (unpaired) electrons. The summed E-state index contributed by atoms with van der Waals surface area (Å²) >= 11 is 0. The first-order valence-corrected chi connectivity index (χ1v) is 21.7. The molecule has 0 aliphatic heterocycles. The van der Waals surface area contributed by atoms with Gasteiger partial charge in [0, 0.05) is 27.0 Å². The van der Waals surface area contributed by atoms with E-state index in [1.807, 2.05) is 108 Å². The molecule has 310 valence electrons. The summed E-state index contributed by atoms with van der Waals surface area (Å²) in [6, 6.07) is 65.0. The van der Waals surface area contributed by atoms with Crippen LogP contribution in [0.5, 0.6) is 5.75 Å². The molecule has 0 atom stereocenters. The lowest BCUT2D eigenvalue weighted by atomic mass is 9.85. The molecular formula is C60H49N3O. The Morgan fingerprint density at radius 1 is 0.500 bits per heavy atom. The minimum atomic E-state index is -2.47. The highest BCUT2D eigenvalue weighted by molar-refractivity contribution is 5.99. The molecule has 1 N–H and O–H groups in total.